The normalized spacial score (nSPS) is 11.9. The van der Waals surface area contributed by atoms with Gasteiger partial charge in [-0.3, -0.25) is 4.57 Å². The molecule has 2 aromatic heterocycles. The number of nitrogens with one attached hydrogen (secondary N) is 1. The summed E-state index contributed by atoms with van der Waals surface area (Å²) in [6.07, 6.45) is 3.15. The third-order valence-electron chi connectivity index (χ3n) is 2.00. The molecule has 4 heteroatoms. The largest absolute Gasteiger partial charge is 0.443 e. The quantitative estimate of drug-likeness (QED) is 0.720. The highest BCUT2D eigenvalue weighted by Crippen LogP contribution is 2.16. The predicted octanol–water partition coefficient (Wildman–Crippen LogP) is 2.75. The van der Waals surface area contributed by atoms with E-state index in [1.54, 1.807) is 12.4 Å². The van der Waals surface area contributed by atoms with E-state index in [0.717, 1.165) is 11.0 Å². The van der Waals surface area contributed by atoms with Gasteiger partial charge < -0.3 is 9.72 Å². The minimum absolute atomic E-state index is 0.350. The number of aromatic nitrogens is 2. The summed E-state index contributed by atoms with van der Waals surface area (Å²) in [6, 6.07) is 3.69. The Morgan fingerprint density at radius 3 is 2.80 bits per heavy atom. The van der Waals surface area contributed by atoms with Crippen LogP contribution in [0.2, 0.25) is 0 Å². The Balaban J connectivity index is 2.32. The zero-order valence-corrected chi connectivity index (χ0v) is 9.07. The number of carbonyl (C=O) groups is 1. The molecule has 0 spiro atoms. The molecule has 4 nitrogen and oxygen atoms in total. The zero-order valence-electron chi connectivity index (χ0n) is 9.07. The molecule has 0 bridgehead atoms. The van der Waals surface area contributed by atoms with Crippen LogP contribution < -0.4 is 0 Å². The van der Waals surface area contributed by atoms with Crippen molar-refractivity contribution in [1.29, 1.82) is 0 Å². The number of hydrogen-bond acceptors (Lipinski definition) is 2. The van der Waals surface area contributed by atoms with Crippen LogP contribution in [-0.4, -0.2) is 21.2 Å². The molecular weight excluding hydrogens is 192 g/mol. The Morgan fingerprint density at radius 1 is 1.40 bits per heavy atom. The van der Waals surface area contributed by atoms with E-state index in [1.807, 2.05) is 32.9 Å². The average Bonchev–Trinajstić information content (AvgIpc) is 2.57. The van der Waals surface area contributed by atoms with Crippen LogP contribution in [0.5, 0.6) is 0 Å². The summed E-state index contributed by atoms with van der Waals surface area (Å²) in [5, 5.41) is 0. The van der Waals surface area contributed by atoms with Gasteiger partial charge in [0.15, 0.2) is 0 Å². The molecule has 0 fully saturated rings. The van der Waals surface area contributed by atoms with Gasteiger partial charge in [0, 0.05) is 12.4 Å². The van der Waals surface area contributed by atoms with E-state index in [4.69, 9.17) is 4.74 Å². The summed E-state index contributed by atoms with van der Waals surface area (Å²) in [5.41, 5.74) is 1.30. The highest BCUT2D eigenvalue weighted by atomic mass is 16.6. The number of H-pyrrole nitrogens is 1. The van der Waals surface area contributed by atoms with Gasteiger partial charge in [-0.15, -0.1) is 0 Å². The second-order valence-electron chi connectivity index (χ2n) is 4.44. The van der Waals surface area contributed by atoms with Crippen molar-refractivity contribution in [2.24, 2.45) is 0 Å². The van der Waals surface area contributed by atoms with Crippen molar-refractivity contribution in [3.8, 4) is 0 Å². The highest BCUT2D eigenvalue weighted by molar-refractivity contribution is 5.87. The molecule has 0 aliphatic heterocycles. The van der Waals surface area contributed by atoms with Crippen molar-refractivity contribution in [2.75, 3.05) is 0 Å². The molecule has 0 saturated heterocycles. The topological polar surface area (TPSA) is 47.0 Å². The number of nitrogens with zero attached hydrogens (tertiary/aromatic N) is 1. The fourth-order valence-electron chi connectivity index (χ4n) is 1.42. The number of fused-ring (bicyclic) bond motifs is 1. The van der Waals surface area contributed by atoms with E-state index < -0.39 is 5.60 Å². The van der Waals surface area contributed by atoms with Crippen molar-refractivity contribution in [3.63, 3.8) is 0 Å². The average molecular weight is 206 g/mol. The predicted molar refractivity (Wildman–Crippen MR) is 57.9 cm³/mol. The number of carbonyl (C=O) groups excluding carboxylic acids is 1. The van der Waals surface area contributed by atoms with Gasteiger partial charge in [-0.05, 0) is 32.9 Å². The summed E-state index contributed by atoms with van der Waals surface area (Å²) in [4.78, 5) is 14.8. The molecular formula is C11H14N2O2. The first-order valence-electron chi connectivity index (χ1n) is 4.85. The maximum absolute atomic E-state index is 11.8. The second kappa shape index (κ2) is 3.15. The van der Waals surface area contributed by atoms with Gasteiger partial charge in [-0.2, -0.15) is 0 Å². The zero-order chi connectivity index (χ0) is 11.1. The third kappa shape index (κ3) is 1.88. The van der Waals surface area contributed by atoms with Crippen molar-refractivity contribution in [2.45, 2.75) is 26.4 Å². The fourth-order valence-corrected chi connectivity index (χ4v) is 1.42. The maximum Gasteiger partial charge on any atom is 0.419 e. The molecule has 2 aromatic rings. The van der Waals surface area contributed by atoms with E-state index in [2.05, 4.69) is 4.98 Å². The van der Waals surface area contributed by atoms with Crippen LogP contribution in [0.25, 0.3) is 11.0 Å². The molecule has 2 rings (SSSR count). The van der Waals surface area contributed by atoms with E-state index >= 15 is 0 Å². The van der Waals surface area contributed by atoms with Gasteiger partial charge in [0.05, 0.1) is 11.0 Å². The first-order valence-corrected chi connectivity index (χ1v) is 4.85. The minimum Gasteiger partial charge on any atom is -0.443 e. The second-order valence-corrected chi connectivity index (χ2v) is 4.44. The summed E-state index contributed by atoms with van der Waals surface area (Å²) in [6.45, 7) is 5.55. The van der Waals surface area contributed by atoms with Gasteiger partial charge in [0.25, 0.3) is 0 Å². The Labute approximate surface area is 87.8 Å². The van der Waals surface area contributed by atoms with Gasteiger partial charge in [0.2, 0.25) is 0 Å². The number of ether oxygens (including phenoxy) is 1. The lowest BCUT2D eigenvalue weighted by Crippen LogP contribution is -2.26. The molecule has 1 N–H and O–H groups in total. The fraction of sp³-hybridized carbons (Fsp3) is 0.364. The van der Waals surface area contributed by atoms with E-state index in [-0.39, 0.29) is 6.09 Å². The molecule has 80 valence electrons. The van der Waals surface area contributed by atoms with Crippen LogP contribution in [0, 0.1) is 0 Å². The number of aromatic amines is 1. The molecule has 0 amide bonds. The maximum atomic E-state index is 11.8. The van der Waals surface area contributed by atoms with Crippen molar-refractivity contribution in [1.82, 2.24) is 9.55 Å². The molecule has 2 heterocycles. The van der Waals surface area contributed by atoms with Crippen LogP contribution in [0.1, 0.15) is 20.8 Å². The van der Waals surface area contributed by atoms with Crippen molar-refractivity contribution in [3.05, 3.63) is 24.5 Å². The van der Waals surface area contributed by atoms with Crippen LogP contribution in [0.15, 0.2) is 24.5 Å². The van der Waals surface area contributed by atoms with Gasteiger partial charge >= 0.3 is 6.09 Å². The van der Waals surface area contributed by atoms with Crippen LogP contribution >= 0.6 is 0 Å². The Hall–Kier alpha value is -1.71. The van der Waals surface area contributed by atoms with Crippen molar-refractivity contribution >= 4 is 17.1 Å². The van der Waals surface area contributed by atoms with Crippen LogP contribution in [-0.2, 0) is 4.74 Å². The third-order valence-corrected chi connectivity index (χ3v) is 2.00. The van der Waals surface area contributed by atoms with Gasteiger partial charge in [-0.1, -0.05) is 0 Å². The lowest BCUT2D eigenvalue weighted by molar-refractivity contribution is 0.0544. The first-order chi connectivity index (χ1) is 6.97. The summed E-state index contributed by atoms with van der Waals surface area (Å²) in [7, 11) is 0. The highest BCUT2D eigenvalue weighted by Gasteiger charge is 2.18. The molecule has 0 aliphatic rings. The number of rotatable bonds is 0. The number of hydrogen-bond donors (Lipinski definition) is 1. The van der Waals surface area contributed by atoms with Gasteiger partial charge in [0.1, 0.15) is 5.60 Å². The molecule has 0 atom stereocenters. The molecule has 0 aromatic carbocycles. The van der Waals surface area contributed by atoms with E-state index in [0.29, 0.717) is 0 Å². The summed E-state index contributed by atoms with van der Waals surface area (Å²) >= 11 is 0. The molecule has 0 unspecified atom stereocenters. The molecule has 0 saturated carbocycles. The van der Waals surface area contributed by atoms with Crippen molar-refractivity contribution < 1.29 is 9.53 Å². The van der Waals surface area contributed by atoms with Gasteiger partial charge in [-0.25, -0.2) is 4.79 Å². The van der Waals surface area contributed by atoms with E-state index in [1.165, 1.54) is 4.57 Å². The summed E-state index contributed by atoms with van der Waals surface area (Å²) in [5.74, 6) is 0. The SMILES string of the molecule is CC(C)(C)OC(=O)n1ccc2[nH]ccc21. The summed E-state index contributed by atoms with van der Waals surface area (Å²) < 4.78 is 6.77. The lowest BCUT2D eigenvalue weighted by atomic mass is 10.2. The molecule has 0 radical (unpaired) electrons. The monoisotopic (exact) mass is 206 g/mol. The standard InChI is InChI=1S/C11H14N2O2/c1-11(2,3)15-10(14)13-7-5-8-9(13)4-6-12-8/h4-7,12H,1-3H3. The smallest absolute Gasteiger partial charge is 0.419 e. The first kappa shape index (κ1) is 9.83. The molecule has 0 aliphatic carbocycles. The minimum atomic E-state index is -0.468. The lowest BCUT2D eigenvalue weighted by Gasteiger charge is -2.19. The molecule has 15 heavy (non-hydrogen) atoms. The van der Waals surface area contributed by atoms with Crippen LogP contribution in [0.3, 0.4) is 0 Å². The Morgan fingerprint density at radius 2 is 2.13 bits per heavy atom. The Kier molecular flexibility index (Phi) is 2.07. The van der Waals surface area contributed by atoms with Crippen LogP contribution in [0.4, 0.5) is 4.79 Å². The van der Waals surface area contributed by atoms with E-state index in [9.17, 15) is 4.79 Å². The Bertz CT molecular complexity index is 488.